The van der Waals surface area contributed by atoms with Crippen LogP contribution in [-0.2, 0) is 9.59 Å². The van der Waals surface area contributed by atoms with Crippen LogP contribution in [0.5, 0.6) is 0 Å². The minimum Gasteiger partial charge on any atom is -0.334 e. The topological polar surface area (TPSA) is 40.6 Å². The number of hydrogen-bond donors (Lipinski definition) is 0. The molecule has 4 nitrogen and oxygen atoms in total. The summed E-state index contributed by atoms with van der Waals surface area (Å²) in [6, 6.07) is -0.1000. The summed E-state index contributed by atoms with van der Waals surface area (Å²) >= 11 is 0. The summed E-state index contributed by atoms with van der Waals surface area (Å²) in [6.45, 7) is 9.46. The molecule has 18 heavy (non-hydrogen) atoms. The van der Waals surface area contributed by atoms with E-state index in [0.717, 1.165) is 32.1 Å². The number of rotatable bonds is 7. The first-order valence-corrected chi connectivity index (χ1v) is 6.41. The SMILES string of the molecule is C=CCN(CC=C)C(=O)CN1CCCCC1C=O. The standard InChI is InChI=1S/C14H22N2O2/c1-3-8-15(9-4-2)14(18)11-16-10-6-5-7-13(16)12-17/h3-4,12-13H,1-2,5-11H2. The molecule has 0 saturated carbocycles. The first-order valence-electron chi connectivity index (χ1n) is 6.41. The third-order valence-corrected chi connectivity index (χ3v) is 3.21. The van der Waals surface area contributed by atoms with E-state index in [1.807, 2.05) is 4.90 Å². The van der Waals surface area contributed by atoms with Crippen LogP contribution in [-0.4, -0.2) is 54.2 Å². The maximum atomic E-state index is 12.1. The van der Waals surface area contributed by atoms with Crippen molar-refractivity contribution >= 4 is 12.2 Å². The van der Waals surface area contributed by atoms with E-state index in [2.05, 4.69) is 13.2 Å². The lowest BCUT2D eigenvalue weighted by molar-refractivity contribution is -0.132. The van der Waals surface area contributed by atoms with Gasteiger partial charge in [0.05, 0.1) is 12.6 Å². The number of likely N-dealkylation sites (tertiary alicyclic amines) is 1. The second-order valence-corrected chi connectivity index (χ2v) is 4.55. The van der Waals surface area contributed by atoms with E-state index in [-0.39, 0.29) is 11.9 Å². The molecule has 100 valence electrons. The molecule has 0 aromatic rings. The number of hydrogen-bond acceptors (Lipinski definition) is 3. The van der Waals surface area contributed by atoms with Gasteiger partial charge in [0.25, 0.3) is 0 Å². The zero-order chi connectivity index (χ0) is 13.4. The summed E-state index contributed by atoms with van der Waals surface area (Å²) in [6.07, 6.45) is 7.35. The van der Waals surface area contributed by atoms with E-state index in [1.165, 1.54) is 0 Å². The molecule has 0 aromatic heterocycles. The first-order chi connectivity index (χ1) is 8.72. The lowest BCUT2D eigenvalue weighted by Crippen LogP contribution is -2.47. The molecular formula is C14H22N2O2. The Hall–Kier alpha value is -1.42. The van der Waals surface area contributed by atoms with Gasteiger partial charge in [-0.1, -0.05) is 18.6 Å². The van der Waals surface area contributed by atoms with Gasteiger partial charge < -0.3 is 9.69 Å². The van der Waals surface area contributed by atoms with Crippen molar-refractivity contribution < 1.29 is 9.59 Å². The lowest BCUT2D eigenvalue weighted by atomic mass is 10.0. The molecular weight excluding hydrogens is 228 g/mol. The molecule has 1 atom stereocenters. The highest BCUT2D eigenvalue weighted by Crippen LogP contribution is 2.15. The van der Waals surface area contributed by atoms with Gasteiger partial charge in [-0.05, 0) is 19.4 Å². The van der Waals surface area contributed by atoms with E-state index < -0.39 is 0 Å². The highest BCUT2D eigenvalue weighted by Gasteiger charge is 2.25. The Morgan fingerprint density at radius 2 is 1.94 bits per heavy atom. The molecule has 1 aliphatic rings. The minimum atomic E-state index is -0.1000. The predicted molar refractivity (Wildman–Crippen MR) is 72.3 cm³/mol. The van der Waals surface area contributed by atoms with Crippen LogP contribution in [0.2, 0.25) is 0 Å². The fourth-order valence-electron chi connectivity index (χ4n) is 2.23. The summed E-state index contributed by atoms with van der Waals surface area (Å²) in [5.74, 6) is 0.0311. The maximum absolute atomic E-state index is 12.1. The molecule has 1 amide bonds. The molecule has 0 spiro atoms. The van der Waals surface area contributed by atoms with Gasteiger partial charge in [-0.2, -0.15) is 0 Å². The summed E-state index contributed by atoms with van der Waals surface area (Å²) < 4.78 is 0. The van der Waals surface area contributed by atoms with Crippen molar-refractivity contribution in [1.29, 1.82) is 0 Å². The van der Waals surface area contributed by atoms with Crippen LogP contribution in [0.1, 0.15) is 19.3 Å². The van der Waals surface area contributed by atoms with Crippen LogP contribution in [0.25, 0.3) is 0 Å². The predicted octanol–water partition coefficient (Wildman–Crippen LogP) is 1.24. The number of nitrogens with zero attached hydrogens (tertiary/aromatic N) is 2. The Morgan fingerprint density at radius 1 is 1.28 bits per heavy atom. The molecule has 0 N–H and O–H groups in total. The molecule has 0 aliphatic carbocycles. The average Bonchev–Trinajstić information content (AvgIpc) is 2.39. The second-order valence-electron chi connectivity index (χ2n) is 4.55. The van der Waals surface area contributed by atoms with Crippen LogP contribution in [0.3, 0.4) is 0 Å². The third-order valence-electron chi connectivity index (χ3n) is 3.21. The van der Waals surface area contributed by atoms with Crippen molar-refractivity contribution in [2.45, 2.75) is 25.3 Å². The molecule has 0 aromatic carbocycles. The fourth-order valence-corrected chi connectivity index (χ4v) is 2.23. The Morgan fingerprint density at radius 3 is 2.50 bits per heavy atom. The number of piperidine rings is 1. The largest absolute Gasteiger partial charge is 0.334 e. The molecule has 1 unspecified atom stereocenters. The second kappa shape index (κ2) is 7.82. The zero-order valence-electron chi connectivity index (χ0n) is 10.9. The van der Waals surface area contributed by atoms with Gasteiger partial charge in [-0.3, -0.25) is 9.69 Å². The normalized spacial score (nSPS) is 20.1. The van der Waals surface area contributed by atoms with E-state index in [9.17, 15) is 9.59 Å². The van der Waals surface area contributed by atoms with Gasteiger partial charge in [-0.25, -0.2) is 0 Å². The van der Waals surface area contributed by atoms with E-state index in [0.29, 0.717) is 19.6 Å². The van der Waals surface area contributed by atoms with Gasteiger partial charge in [0.2, 0.25) is 5.91 Å². The molecule has 1 heterocycles. The smallest absolute Gasteiger partial charge is 0.237 e. The summed E-state index contributed by atoms with van der Waals surface area (Å²) in [4.78, 5) is 26.8. The number of carbonyl (C=O) groups excluding carboxylic acids is 2. The van der Waals surface area contributed by atoms with E-state index >= 15 is 0 Å². The highest BCUT2D eigenvalue weighted by molar-refractivity contribution is 5.79. The number of carbonyl (C=O) groups is 2. The zero-order valence-corrected chi connectivity index (χ0v) is 10.9. The van der Waals surface area contributed by atoms with Crippen LogP contribution in [0.15, 0.2) is 25.3 Å². The van der Waals surface area contributed by atoms with Crippen LogP contribution < -0.4 is 0 Å². The third kappa shape index (κ3) is 4.11. The van der Waals surface area contributed by atoms with Gasteiger partial charge in [0, 0.05) is 13.1 Å². The van der Waals surface area contributed by atoms with Gasteiger partial charge in [-0.15, -0.1) is 13.2 Å². The molecule has 1 saturated heterocycles. The van der Waals surface area contributed by atoms with Crippen LogP contribution in [0.4, 0.5) is 0 Å². The van der Waals surface area contributed by atoms with Crippen molar-refractivity contribution in [1.82, 2.24) is 9.80 Å². The summed E-state index contributed by atoms with van der Waals surface area (Å²) in [7, 11) is 0. The fraction of sp³-hybridized carbons (Fsp3) is 0.571. The van der Waals surface area contributed by atoms with Crippen molar-refractivity contribution in [2.75, 3.05) is 26.2 Å². The Labute approximate surface area is 109 Å². The van der Waals surface area contributed by atoms with E-state index in [4.69, 9.17) is 0 Å². The quantitative estimate of drug-likeness (QED) is 0.504. The first kappa shape index (κ1) is 14.6. The Bertz CT molecular complexity index is 305. The molecule has 1 fully saturated rings. The maximum Gasteiger partial charge on any atom is 0.237 e. The van der Waals surface area contributed by atoms with E-state index in [1.54, 1.807) is 17.1 Å². The average molecular weight is 250 g/mol. The van der Waals surface area contributed by atoms with Gasteiger partial charge >= 0.3 is 0 Å². The van der Waals surface area contributed by atoms with Gasteiger partial charge in [0.1, 0.15) is 6.29 Å². The lowest BCUT2D eigenvalue weighted by Gasteiger charge is -2.33. The monoisotopic (exact) mass is 250 g/mol. The molecule has 1 rings (SSSR count). The Kier molecular flexibility index (Phi) is 6.36. The van der Waals surface area contributed by atoms with Crippen LogP contribution in [0, 0.1) is 0 Å². The summed E-state index contributed by atoms with van der Waals surface area (Å²) in [5, 5.41) is 0. The molecule has 0 radical (unpaired) electrons. The van der Waals surface area contributed by atoms with Gasteiger partial charge in [0.15, 0.2) is 0 Å². The number of amides is 1. The van der Waals surface area contributed by atoms with Crippen molar-refractivity contribution in [3.8, 4) is 0 Å². The van der Waals surface area contributed by atoms with Crippen molar-refractivity contribution in [3.63, 3.8) is 0 Å². The summed E-state index contributed by atoms with van der Waals surface area (Å²) in [5.41, 5.74) is 0. The van der Waals surface area contributed by atoms with Crippen LogP contribution >= 0.6 is 0 Å². The molecule has 4 heteroatoms. The van der Waals surface area contributed by atoms with Crippen molar-refractivity contribution in [3.05, 3.63) is 25.3 Å². The van der Waals surface area contributed by atoms with Crippen molar-refractivity contribution in [2.24, 2.45) is 0 Å². The molecule has 0 bridgehead atoms. The minimum absolute atomic E-state index is 0.0311. The number of aldehydes is 1. The highest BCUT2D eigenvalue weighted by atomic mass is 16.2. The molecule has 1 aliphatic heterocycles. The Balaban J connectivity index is 2.56.